The molecule has 0 spiro atoms. The molecule has 7 heteroatoms. The quantitative estimate of drug-likeness (QED) is 0.618. The molecule has 132 valence electrons. The molecule has 1 heterocycles. The van der Waals surface area contributed by atoms with Gasteiger partial charge < -0.3 is 10.1 Å². The summed E-state index contributed by atoms with van der Waals surface area (Å²) in [5, 5.41) is 1.99. The Bertz CT molecular complexity index is 429. The molecule has 1 saturated heterocycles. The van der Waals surface area contributed by atoms with Crippen molar-refractivity contribution < 1.29 is 27.5 Å². The summed E-state index contributed by atoms with van der Waals surface area (Å²) in [4.78, 5) is 21.2. The second-order valence-corrected chi connectivity index (χ2v) is 6.36. The van der Waals surface area contributed by atoms with Gasteiger partial charge >= 0.3 is 6.18 Å². The van der Waals surface area contributed by atoms with E-state index in [-0.39, 0.29) is 24.9 Å². The van der Waals surface area contributed by atoms with Crippen molar-refractivity contribution in [1.29, 1.82) is 0 Å². The van der Waals surface area contributed by atoms with Crippen molar-refractivity contribution in [1.82, 2.24) is 5.32 Å². The molecule has 0 aromatic heterocycles. The number of amides is 1. The molecule has 4 nitrogen and oxygen atoms in total. The molecule has 0 aliphatic carbocycles. The van der Waals surface area contributed by atoms with Crippen LogP contribution in [0.15, 0.2) is 25.3 Å². The van der Waals surface area contributed by atoms with Crippen LogP contribution in [0.1, 0.15) is 40.0 Å². The molecule has 1 N–H and O–H groups in total. The molecule has 0 bridgehead atoms. The van der Waals surface area contributed by atoms with E-state index in [2.05, 4.69) is 17.9 Å². The van der Waals surface area contributed by atoms with Gasteiger partial charge in [0.2, 0.25) is 5.91 Å². The summed E-state index contributed by atoms with van der Waals surface area (Å²) >= 11 is 0. The van der Waals surface area contributed by atoms with Gasteiger partial charge in [0, 0.05) is 0 Å². The minimum absolute atomic E-state index is 0.234. The van der Waals surface area contributed by atoms with Gasteiger partial charge in [0.1, 0.15) is 11.6 Å². The fourth-order valence-electron chi connectivity index (χ4n) is 2.18. The first-order valence-corrected chi connectivity index (χ1v) is 7.13. The Labute approximate surface area is 134 Å². The maximum absolute atomic E-state index is 12.5. The number of nitrogens with one attached hydrogen (secondary N) is 1. The van der Waals surface area contributed by atoms with Crippen LogP contribution in [0.3, 0.4) is 0 Å². The van der Waals surface area contributed by atoms with Crippen LogP contribution < -0.4 is 5.32 Å². The van der Waals surface area contributed by atoms with E-state index in [1.807, 2.05) is 26.1 Å². The van der Waals surface area contributed by atoms with E-state index in [1.165, 1.54) is 12.2 Å². The summed E-state index contributed by atoms with van der Waals surface area (Å²) in [6, 6.07) is -1.75. The number of ether oxygens (including phenoxy) is 1. The highest BCUT2D eigenvalue weighted by molar-refractivity contribution is 5.85. The van der Waals surface area contributed by atoms with Crippen LogP contribution in [0.5, 0.6) is 0 Å². The van der Waals surface area contributed by atoms with Gasteiger partial charge in [0.05, 0.1) is 5.41 Å². The molecule has 1 rings (SSSR count). The zero-order valence-electron chi connectivity index (χ0n) is 13.7. The lowest BCUT2D eigenvalue weighted by Crippen LogP contribution is -2.39. The van der Waals surface area contributed by atoms with E-state index in [1.54, 1.807) is 0 Å². The summed E-state index contributed by atoms with van der Waals surface area (Å²) < 4.78 is 42.0. The fraction of sp³-hybridized carbons (Fsp3) is 0.625. The predicted octanol–water partition coefficient (Wildman–Crippen LogP) is 3.53. The minimum Gasteiger partial charge on any atom is -0.462 e. The Hall–Kier alpha value is -1.79. The molecular formula is C16H24F3NO3. The molecule has 1 fully saturated rings. The SMILES string of the molecule is C=CCC1(CC=C)CC(C(F)(F)F)NC1=O.CC(C)(C)OC=O. The Morgan fingerprint density at radius 1 is 1.26 bits per heavy atom. The topological polar surface area (TPSA) is 55.4 Å². The van der Waals surface area contributed by atoms with Gasteiger partial charge in [-0.25, -0.2) is 0 Å². The van der Waals surface area contributed by atoms with E-state index in [0.29, 0.717) is 6.47 Å². The van der Waals surface area contributed by atoms with Crippen molar-refractivity contribution in [3.63, 3.8) is 0 Å². The summed E-state index contributed by atoms with van der Waals surface area (Å²) in [5.41, 5.74) is -1.34. The Balaban J connectivity index is 0.000000585. The van der Waals surface area contributed by atoms with Crippen LogP contribution in [0.25, 0.3) is 0 Å². The first kappa shape index (κ1) is 21.2. The third-order valence-electron chi connectivity index (χ3n) is 3.25. The van der Waals surface area contributed by atoms with Crippen LogP contribution in [-0.2, 0) is 14.3 Å². The number of hydrogen-bond donors (Lipinski definition) is 1. The highest BCUT2D eigenvalue weighted by atomic mass is 19.4. The van der Waals surface area contributed by atoms with E-state index >= 15 is 0 Å². The number of halogens is 3. The van der Waals surface area contributed by atoms with Gasteiger partial charge in [-0.3, -0.25) is 9.59 Å². The molecule has 23 heavy (non-hydrogen) atoms. The van der Waals surface area contributed by atoms with Crippen molar-refractivity contribution in [2.45, 2.75) is 57.9 Å². The second-order valence-electron chi connectivity index (χ2n) is 6.36. The first-order chi connectivity index (χ1) is 10.4. The number of hydrogen-bond acceptors (Lipinski definition) is 3. The monoisotopic (exact) mass is 335 g/mol. The lowest BCUT2D eigenvalue weighted by Gasteiger charge is -2.23. The van der Waals surface area contributed by atoms with Gasteiger partial charge in [-0.1, -0.05) is 12.2 Å². The highest BCUT2D eigenvalue weighted by Crippen LogP contribution is 2.42. The fourth-order valence-corrected chi connectivity index (χ4v) is 2.18. The van der Waals surface area contributed by atoms with Gasteiger partial charge in [0.15, 0.2) is 0 Å². The van der Waals surface area contributed by atoms with E-state index in [4.69, 9.17) is 0 Å². The number of rotatable bonds is 5. The van der Waals surface area contributed by atoms with E-state index < -0.39 is 23.5 Å². The maximum atomic E-state index is 12.5. The summed E-state index contributed by atoms with van der Waals surface area (Å²) in [6.45, 7) is 12.9. The lowest BCUT2D eigenvalue weighted by atomic mass is 9.78. The third-order valence-corrected chi connectivity index (χ3v) is 3.25. The lowest BCUT2D eigenvalue weighted by molar-refractivity contribution is -0.155. The molecule has 1 atom stereocenters. The minimum atomic E-state index is -4.39. The zero-order chi connectivity index (χ0) is 18.3. The number of allylic oxidation sites excluding steroid dienone is 2. The summed E-state index contributed by atoms with van der Waals surface area (Å²) in [5.74, 6) is -0.561. The van der Waals surface area contributed by atoms with Crippen LogP contribution >= 0.6 is 0 Å². The smallest absolute Gasteiger partial charge is 0.408 e. The van der Waals surface area contributed by atoms with Crippen LogP contribution in [-0.4, -0.2) is 30.2 Å². The molecule has 1 amide bonds. The molecular weight excluding hydrogens is 311 g/mol. The Morgan fingerprint density at radius 3 is 1.96 bits per heavy atom. The predicted molar refractivity (Wildman–Crippen MR) is 81.6 cm³/mol. The zero-order valence-corrected chi connectivity index (χ0v) is 13.7. The first-order valence-electron chi connectivity index (χ1n) is 7.13. The molecule has 0 radical (unpaired) electrons. The van der Waals surface area contributed by atoms with Crippen LogP contribution in [0, 0.1) is 5.41 Å². The summed E-state index contributed by atoms with van der Waals surface area (Å²) in [6.07, 6.45) is -1.22. The van der Waals surface area contributed by atoms with Gasteiger partial charge in [-0.15, -0.1) is 13.2 Å². The molecule has 0 aromatic rings. The van der Waals surface area contributed by atoms with Crippen molar-refractivity contribution in [3.05, 3.63) is 25.3 Å². The Kier molecular flexibility index (Phi) is 7.54. The van der Waals surface area contributed by atoms with E-state index in [0.717, 1.165) is 0 Å². The third kappa shape index (κ3) is 6.88. The van der Waals surface area contributed by atoms with Gasteiger partial charge in [-0.05, 0) is 40.0 Å². The van der Waals surface area contributed by atoms with Gasteiger partial charge in [0.25, 0.3) is 6.47 Å². The van der Waals surface area contributed by atoms with Crippen molar-refractivity contribution >= 4 is 12.4 Å². The van der Waals surface area contributed by atoms with Gasteiger partial charge in [-0.2, -0.15) is 13.2 Å². The Morgan fingerprint density at radius 2 is 1.74 bits per heavy atom. The van der Waals surface area contributed by atoms with E-state index in [9.17, 15) is 22.8 Å². The van der Waals surface area contributed by atoms with Crippen molar-refractivity contribution in [2.75, 3.05) is 0 Å². The molecule has 0 saturated carbocycles. The average molecular weight is 335 g/mol. The van der Waals surface area contributed by atoms with Crippen LogP contribution in [0.4, 0.5) is 13.2 Å². The van der Waals surface area contributed by atoms with Crippen molar-refractivity contribution in [2.24, 2.45) is 5.41 Å². The molecule has 1 unspecified atom stereocenters. The normalized spacial score (nSPS) is 19.9. The second kappa shape index (κ2) is 8.17. The molecule has 1 aliphatic heterocycles. The number of alkyl halides is 3. The number of carbonyl (C=O) groups is 2. The standard InChI is InChI=1S/C11H14F3NO.C5H10O2/c1-3-5-10(6-4-2)7-8(11(12,13)14)15-9(10)16;1-5(2,3)7-4-6/h3-4,8H,1-2,5-7H2,(H,15,16);4H,1-3H3. The largest absolute Gasteiger partial charge is 0.462 e. The highest BCUT2D eigenvalue weighted by Gasteiger charge is 2.54. The average Bonchev–Trinajstić information content (AvgIpc) is 2.67. The molecule has 0 aromatic carbocycles. The summed E-state index contributed by atoms with van der Waals surface area (Å²) in [7, 11) is 0. The van der Waals surface area contributed by atoms with Crippen molar-refractivity contribution in [3.8, 4) is 0 Å². The molecule has 1 aliphatic rings. The van der Waals surface area contributed by atoms with Crippen LogP contribution in [0.2, 0.25) is 0 Å². The maximum Gasteiger partial charge on any atom is 0.408 e. The number of carbonyl (C=O) groups excluding carboxylic acids is 2.